The number of allylic oxidation sites excluding steroid dienone is 1. The maximum absolute atomic E-state index is 10.8. The van der Waals surface area contributed by atoms with E-state index in [0.29, 0.717) is 18.8 Å². The van der Waals surface area contributed by atoms with Crippen molar-refractivity contribution in [3.8, 4) is 0 Å². The van der Waals surface area contributed by atoms with Crippen molar-refractivity contribution in [2.45, 2.75) is 19.8 Å². The highest BCUT2D eigenvalue weighted by Crippen LogP contribution is 2.21. The highest BCUT2D eigenvalue weighted by molar-refractivity contribution is 5.87. The van der Waals surface area contributed by atoms with E-state index in [1.54, 1.807) is 6.08 Å². The second-order valence-electron chi connectivity index (χ2n) is 2.93. The van der Waals surface area contributed by atoms with Gasteiger partial charge in [-0.1, -0.05) is 13.0 Å². The number of hydrogen-bond acceptors (Lipinski definition) is 2. The van der Waals surface area contributed by atoms with Gasteiger partial charge in [-0.05, 0) is 12.8 Å². The average molecular weight is 170 g/mol. The van der Waals surface area contributed by atoms with Gasteiger partial charge in [0.1, 0.15) is 0 Å². The normalized spacial score (nSPS) is 24.4. The van der Waals surface area contributed by atoms with Gasteiger partial charge in [0.2, 0.25) is 0 Å². The fourth-order valence-corrected chi connectivity index (χ4v) is 1.43. The van der Waals surface area contributed by atoms with Gasteiger partial charge in [-0.3, -0.25) is 0 Å². The molecule has 1 fully saturated rings. The molecule has 0 aromatic rings. The van der Waals surface area contributed by atoms with Crippen LogP contribution in [0.25, 0.3) is 0 Å². The van der Waals surface area contributed by atoms with Crippen LogP contribution in [0.5, 0.6) is 0 Å². The van der Waals surface area contributed by atoms with E-state index in [1.165, 1.54) is 0 Å². The molecule has 0 spiro atoms. The van der Waals surface area contributed by atoms with Crippen LogP contribution in [0.2, 0.25) is 0 Å². The van der Waals surface area contributed by atoms with Crippen LogP contribution >= 0.6 is 0 Å². The van der Waals surface area contributed by atoms with Crippen LogP contribution in [-0.4, -0.2) is 24.3 Å². The summed E-state index contributed by atoms with van der Waals surface area (Å²) < 4.78 is 5.13. The van der Waals surface area contributed by atoms with E-state index < -0.39 is 5.97 Å². The van der Waals surface area contributed by atoms with Gasteiger partial charge >= 0.3 is 5.97 Å². The molecule has 68 valence electrons. The molecule has 0 aromatic carbocycles. The van der Waals surface area contributed by atoms with Crippen molar-refractivity contribution < 1.29 is 14.6 Å². The lowest BCUT2D eigenvalue weighted by Crippen LogP contribution is -2.12. The summed E-state index contributed by atoms with van der Waals surface area (Å²) in [4.78, 5) is 10.8. The average Bonchev–Trinajstić information content (AvgIpc) is 2.51. The van der Waals surface area contributed by atoms with Crippen LogP contribution in [0.3, 0.4) is 0 Å². The van der Waals surface area contributed by atoms with Gasteiger partial charge in [0, 0.05) is 18.1 Å². The second kappa shape index (κ2) is 4.26. The third-order valence-electron chi connectivity index (χ3n) is 2.04. The molecule has 1 rings (SSSR count). The minimum absolute atomic E-state index is 0.113. The number of carboxylic acid groups (broad SMARTS) is 1. The Morgan fingerprint density at radius 3 is 2.92 bits per heavy atom. The highest BCUT2D eigenvalue weighted by Gasteiger charge is 2.23. The quantitative estimate of drug-likeness (QED) is 0.652. The zero-order valence-corrected chi connectivity index (χ0v) is 7.25. The summed E-state index contributed by atoms with van der Waals surface area (Å²) in [6.45, 7) is 3.20. The molecule has 1 aliphatic rings. The monoisotopic (exact) mass is 170 g/mol. The lowest BCUT2D eigenvalue weighted by Gasteiger charge is -2.07. The van der Waals surface area contributed by atoms with E-state index in [-0.39, 0.29) is 5.92 Å². The number of hydrogen-bond donors (Lipinski definition) is 1. The fraction of sp³-hybridized carbons (Fsp3) is 0.667. The Morgan fingerprint density at radius 2 is 2.50 bits per heavy atom. The molecule has 0 amide bonds. The number of rotatable bonds is 3. The first-order chi connectivity index (χ1) is 5.75. The Kier molecular flexibility index (Phi) is 3.29. The summed E-state index contributed by atoms with van der Waals surface area (Å²) in [5.74, 6) is -0.685. The van der Waals surface area contributed by atoms with E-state index in [4.69, 9.17) is 9.84 Å². The molecule has 1 saturated heterocycles. The smallest absolute Gasteiger partial charge is 0.331 e. The van der Waals surface area contributed by atoms with E-state index in [0.717, 1.165) is 12.8 Å². The number of carbonyl (C=O) groups is 1. The van der Waals surface area contributed by atoms with Crippen molar-refractivity contribution in [1.29, 1.82) is 0 Å². The molecular formula is C9H14O3. The Labute approximate surface area is 72.0 Å². The first-order valence-electron chi connectivity index (χ1n) is 4.26. The van der Waals surface area contributed by atoms with Crippen molar-refractivity contribution >= 4 is 5.97 Å². The van der Waals surface area contributed by atoms with Crippen LogP contribution in [0, 0.1) is 5.92 Å². The maximum Gasteiger partial charge on any atom is 0.331 e. The van der Waals surface area contributed by atoms with Gasteiger partial charge in [0.25, 0.3) is 0 Å². The van der Waals surface area contributed by atoms with E-state index in [2.05, 4.69) is 0 Å². The summed E-state index contributed by atoms with van der Waals surface area (Å²) in [5, 5.41) is 8.84. The SMILES string of the molecule is CCC=C(C(=O)O)C1CCOC1. The number of ether oxygens (including phenoxy) is 1. The van der Waals surface area contributed by atoms with Gasteiger partial charge in [-0.25, -0.2) is 4.79 Å². The minimum Gasteiger partial charge on any atom is -0.478 e. The fourth-order valence-electron chi connectivity index (χ4n) is 1.43. The molecule has 3 heteroatoms. The van der Waals surface area contributed by atoms with Gasteiger partial charge in [0.05, 0.1) is 6.61 Å². The summed E-state index contributed by atoms with van der Waals surface area (Å²) >= 11 is 0. The zero-order chi connectivity index (χ0) is 8.97. The maximum atomic E-state index is 10.8. The van der Waals surface area contributed by atoms with Gasteiger partial charge in [-0.15, -0.1) is 0 Å². The van der Waals surface area contributed by atoms with E-state index in [9.17, 15) is 4.79 Å². The van der Waals surface area contributed by atoms with Crippen LogP contribution in [-0.2, 0) is 9.53 Å². The third-order valence-corrected chi connectivity index (χ3v) is 2.04. The topological polar surface area (TPSA) is 46.5 Å². The molecule has 1 aliphatic heterocycles. The summed E-state index contributed by atoms with van der Waals surface area (Å²) in [6.07, 6.45) is 3.40. The molecule has 1 unspecified atom stereocenters. The summed E-state index contributed by atoms with van der Waals surface area (Å²) in [5.41, 5.74) is 0.523. The first kappa shape index (κ1) is 9.26. The molecule has 0 radical (unpaired) electrons. The Hall–Kier alpha value is -0.830. The highest BCUT2D eigenvalue weighted by atomic mass is 16.5. The molecule has 3 nitrogen and oxygen atoms in total. The van der Waals surface area contributed by atoms with Crippen molar-refractivity contribution in [2.24, 2.45) is 5.92 Å². The molecule has 0 bridgehead atoms. The molecular weight excluding hydrogens is 156 g/mol. The van der Waals surface area contributed by atoms with Crippen molar-refractivity contribution in [3.63, 3.8) is 0 Å². The van der Waals surface area contributed by atoms with Gasteiger partial charge in [0.15, 0.2) is 0 Å². The van der Waals surface area contributed by atoms with E-state index in [1.807, 2.05) is 6.92 Å². The number of aliphatic carboxylic acids is 1. The van der Waals surface area contributed by atoms with E-state index >= 15 is 0 Å². The third kappa shape index (κ3) is 2.08. The van der Waals surface area contributed by atoms with Gasteiger partial charge in [-0.2, -0.15) is 0 Å². The summed E-state index contributed by atoms with van der Waals surface area (Å²) in [7, 11) is 0. The van der Waals surface area contributed by atoms with Crippen LogP contribution in [0.15, 0.2) is 11.6 Å². The zero-order valence-electron chi connectivity index (χ0n) is 7.25. The molecule has 1 N–H and O–H groups in total. The number of carboxylic acids is 1. The molecule has 1 heterocycles. The lowest BCUT2D eigenvalue weighted by molar-refractivity contribution is -0.133. The Balaban J connectivity index is 2.64. The predicted octanol–water partition coefficient (Wildman–Crippen LogP) is 1.44. The predicted molar refractivity (Wildman–Crippen MR) is 44.9 cm³/mol. The van der Waals surface area contributed by atoms with Gasteiger partial charge < -0.3 is 9.84 Å². The van der Waals surface area contributed by atoms with Crippen LogP contribution in [0.1, 0.15) is 19.8 Å². The molecule has 12 heavy (non-hydrogen) atoms. The lowest BCUT2D eigenvalue weighted by atomic mass is 9.97. The first-order valence-corrected chi connectivity index (χ1v) is 4.26. The van der Waals surface area contributed by atoms with Crippen molar-refractivity contribution in [3.05, 3.63) is 11.6 Å². The van der Waals surface area contributed by atoms with Crippen LogP contribution in [0.4, 0.5) is 0 Å². The van der Waals surface area contributed by atoms with Crippen molar-refractivity contribution in [2.75, 3.05) is 13.2 Å². The molecule has 1 atom stereocenters. The Morgan fingerprint density at radius 1 is 1.75 bits per heavy atom. The van der Waals surface area contributed by atoms with Crippen molar-refractivity contribution in [1.82, 2.24) is 0 Å². The Bertz CT molecular complexity index is 190. The standard InChI is InChI=1S/C9H14O3/c1-2-3-8(9(10)11)7-4-5-12-6-7/h3,7H,2,4-6H2,1H3,(H,10,11). The molecule has 0 aliphatic carbocycles. The largest absolute Gasteiger partial charge is 0.478 e. The minimum atomic E-state index is -0.799. The second-order valence-corrected chi connectivity index (χ2v) is 2.93. The summed E-state index contributed by atoms with van der Waals surface area (Å²) in [6, 6.07) is 0. The molecule has 0 aromatic heterocycles. The van der Waals surface area contributed by atoms with Crippen LogP contribution < -0.4 is 0 Å². The molecule has 0 saturated carbocycles.